The molecule has 0 saturated heterocycles. The number of hydrogen-bond acceptors (Lipinski definition) is 4. The lowest BCUT2D eigenvalue weighted by atomic mass is 9.98. The molecule has 6 nitrogen and oxygen atoms in total. The van der Waals surface area contributed by atoms with Gasteiger partial charge in [0.2, 0.25) is 5.91 Å². The Morgan fingerprint density at radius 1 is 1.08 bits per heavy atom. The zero-order chi connectivity index (χ0) is 19.3. The van der Waals surface area contributed by atoms with E-state index in [4.69, 9.17) is 9.47 Å². The van der Waals surface area contributed by atoms with Crippen LogP contribution in [0.2, 0.25) is 0 Å². The molecule has 6 heteroatoms. The van der Waals surface area contributed by atoms with E-state index in [1.54, 1.807) is 14.2 Å². The van der Waals surface area contributed by atoms with Gasteiger partial charge in [-0.25, -0.2) is 4.79 Å². The number of carbonyl (C=O) groups excluding carboxylic acids is 1. The summed E-state index contributed by atoms with van der Waals surface area (Å²) >= 11 is 0. The van der Waals surface area contributed by atoms with Gasteiger partial charge in [0, 0.05) is 13.3 Å². The van der Waals surface area contributed by atoms with Crippen molar-refractivity contribution in [1.82, 2.24) is 5.32 Å². The molecule has 2 aromatic rings. The van der Waals surface area contributed by atoms with Crippen molar-refractivity contribution in [2.45, 2.75) is 26.3 Å². The number of amides is 1. The van der Waals surface area contributed by atoms with E-state index in [-0.39, 0.29) is 12.3 Å². The second kappa shape index (κ2) is 8.38. The molecule has 0 unspecified atom stereocenters. The molecule has 0 heterocycles. The molecule has 2 rings (SSSR count). The van der Waals surface area contributed by atoms with Crippen molar-refractivity contribution in [3.05, 3.63) is 47.5 Å². The van der Waals surface area contributed by atoms with E-state index in [0.29, 0.717) is 11.5 Å². The average molecular weight is 357 g/mol. The summed E-state index contributed by atoms with van der Waals surface area (Å²) in [6.07, 6.45) is 0.206. The minimum Gasteiger partial charge on any atom is -0.496 e. The summed E-state index contributed by atoms with van der Waals surface area (Å²) < 4.78 is 11.0. The van der Waals surface area contributed by atoms with Crippen LogP contribution in [-0.2, 0) is 16.0 Å². The van der Waals surface area contributed by atoms with E-state index in [2.05, 4.69) is 5.32 Å². The Hall–Kier alpha value is -3.02. The normalized spacial score (nSPS) is 11.5. The number of carbonyl (C=O) groups is 2. The summed E-state index contributed by atoms with van der Waals surface area (Å²) in [7, 11) is 3.22. The third-order valence-corrected chi connectivity index (χ3v) is 4.01. The third-order valence-electron chi connectivity index (χ3n) is 4.01. The molecule has 0 aliphatic rings. The lowest BCUT2D eigenvalue weighted by molar-refractivity contribution is -0.141. The Kier molecular flexibility index (Phi) is 6.22. The Labute approximate surface area is 152 Å². The van der Waals surface area contributed by atoms with Crippen LogP contribution in [0.1, 0.15) is 18.1 Å². The predicted octanol–water partition coefficient (Wildman–Crippen LogP) is 2.81. The molecule has 138 valence electrons. The number of methoxy groups -OCH3 is 2. The molecule has 1 amide bonds. The highest BCUT2D eigenvalue weighted by Gasteiger charge is 2.19. The lowest BCUT2D eigenvalue weighted by Gasteiger charge is -2.16. The van der Waals surface area contributed by atoms with Crippen LogP contribution in [0.15, 0.2) is 36.4 Å². The van der Waals surface area contributed by atoms with Crippen molar-refractivity contribution in [2.75, 3.05) is 14.2 Å². The number of aryl methyl sites for hydroxylation is 1. The molecular formula is C20H23NO5. The maximum absolute atomic E-state index is 11.3. The number of carboxylic acid groups (broad SMARTS) is 1. The third kappa shape index (κ3) is 4.53. The highest BCUT2D eigenvalue weighted by atomic mass is 16.5. The summed E-state index contributed by atoms with van der Waals surface area (Å²) in [5, 5.41) is 11.7. The number of benzene rings is 2. The Morgan fingerprint density at radius 3 is 2.04 bits per heavy atom. The van der Waals surface area contributed by atoms with E-state index >= 15 is 0 Å². The first-order valence-corrected chi connectivity index (χ1v) is 8.17. The number of rotatable bonds is 7. The van der Waals surface area contributed by atoms with Gasteiger partial charge >= 0.3 is 5.97 Å². The predicted molar refractivity (Wildman–Crippen MR) is 98.7 cm³/mol. The Morgan fingerprint density at radius 2 is 1.62 bits per heavy atom. The smallest absolute Gasteiger partial charge is 0.326 e. The number of nitrogens with one attached hydrogen (secondary N) is 1. The van der Waals surface area contributed by atoms with Crippen molar-refractivity contribution >= 4 is 11.9 Å². The average Bonchev–Trinajstić information content (AvgIpc) is 2.60. The van der Waals surface area contributed by atoms with Gasteiger partial charge in [-0.2, -0.15) is 0 Å². The van der Waals surface area contributed by atoms with Crippen LogP contribution in [0, 0.1) is 6.92 Å². The van der Waals surface area contributed by atoms with Gasteiger partial charge < -0.3 is 19.9 Å². The Balaban J connectivity index is 2.33. The first-order chi connectivity index (χ1) is 12.3. The van der Waals surface area contributed by atoms with Crippen LogP contribution >= 0.6 is 0 Å². The molecule has 2 aromatic carbocycles. The van der Waals surface area contributed by atoms with Gasteiger partial charge in [0.1, 0.15) is 17.5 Å². The van der Waals surface area contributed by atoms with Gasteiger partial charge in [-0.15, -0.1) is 0 Å². The zero-order valence-corrected chi connectivity index (χ0v) is 15.3. The van der Waals surface area contributed by atoms with Crippen LogP contribution in [0.25, 0.3) is 11.1 Å². The van der Waals surface area contributed by atoms with Crippen molar-refractivity contribution in [3.8, 4) is 22.6 Å². The SMILES string of the molecule is COc1cc(C)cc(OC)c1-c1ccc(C[C@@H](NC(C)=O)C(=O)O)cc1. The quantitative estimate of drug-likeness (QED) is 0.796. The molecule has 0 aromatic heterocycles. The highest BCUT2D eigenvalue weighted by molar-refractivity contribution is 5.82. The zero-order valence-electron chi connectivity index (χ0n) is 15.3. The van der Waals surface area contributed by atoms with Gasteiger partial charge in [0.15, 0.2) is 0 Å². The molecular weight excluding hydrogens is 334 g/mol. The fourth-order valence-corrected chi connectivity index (χ4v) is 2.82. The molecule has 2 N–H and O–H groups in total. The number of hydrogen-bond donors (Lipinski definition) is 2. The molecule has 0 aliphatic carbocycles. The minimum atomic E-state index is -1.06. The number of ether oxygens (including phenoxy) is 2. The Bertz CT molecular complexity index is 773. The van der Waals surface area contributed by atoms with Crippen LogP contribution in [0.5, 0.6) is 11.5 Å². The van der Waals surface area contributed by atoms with Crippen molar-refractivity contribution < 1.29 is 24.2 Å². The molecule has 0 fully saturated rings. The van der Waals surface area contributed by atoms with Gasteiger partial charge in [0.25, 0.3) is 0 Å². The maximum atomic E-state index is 11.3. The largest absolute Gasteiger partial charge is 0.496 e. The van der Waals surface area contributed by atoms with E-state index in [9.17, 15) is 14.7 Å². The second-order valence-corrected chi connectivity index (χ2v) is 6.04. The van der Waals surface area contributed by atoms with Crippen molar-refractivity contribution in [1.29, 1.82) is 0 Å². The summed E-state index contributed by atoms with van der Waals surface area (Å²) in [6.45, 7) is 3.26. The topological polar surface area (TPSA) is 84.9 Å². The molecule has 0 saturated carbocycles. The summed E-state index contributed by atoms with van der Waals surface area (Å²) in [4.78, 5) is 22.4. The fraction of sp³-hybridized carbons (Fsp3) is 0.300. The van der Waals surface area contributed by atoms with E-state index in [1.165, 1.54) is 6.92 Å². The van der Waals surface area contributed by atoms with E-state index in [0.717, 1.165) is 22.3 Å². The monoisotopic (exact) mass is 357 g/mol. The van der Waals surface area contributed by atoms with Crippen molar-refractivity contribution in [2.24, 2.45) is 0 Å². The van der Waals surface area contributed by atoms with Crippen LogP contribution in [0.4, 0.5) is 0 Å². The first-order valence-electron chi connectivity index (χ1n) is 8.17. The fourth-order valence-electron chi connectivity index (χ4n) is 2.82. The minimum absolute atomic E-state index is 0.206. The van der Waals surface area contributed by atoms with E-state index < -0.39 is 12.0 Å². The maximum Gasteiger partial charge on any atom is 0.326 e. The molecule has 0 aliphatic heterocycles. The second-order valence-electron chi connectivity index (χ2n) is 6.04. The number of carboxylic acids is 1. The van der Waals surface area contributed by atoms with E-state index in [1.807, 2.05) is 43.3 Å². The van der Waals surface area contributed by atoms with Crippen LogP contribution in [0.3, 0.4) is 0 Å². The summed E-state index contributed by atoms with van der Waals surface area (Å²) in [5.41, 5.74) is 3.57. The van der Waals surface area contributed by atoms with Gasteiger partial charge in [-0.3, -0.25) is 4.79 Å². The summed E-state index contributed by atoms with van der Waals surface area (Å²) in [5.74, 6) is -0.0261. The molecule has 0 bridgehead atoms. The standard InChI is InChI=1S/C20H23NO5/c1-12-9-17(25-3)19(18(10-12)26-4)15-7-5-14(6-8-15)11-16(20(23)24)21-13(2)22/h5-10,16H,11H2,1-4H3,(H,21,22)(H,23,24)/t16-/m1/s1. The van der Waals surface area contributed by atoms with Gasteiger partial charge in [-0.05, 0) is 35.7 Å². The highest BCUT2D eigenvalue weighted by Crippen LogP contribution is 2.39. The summed E-state index contributed by atoms with van der Waals surface area (Å²) in [6, 6.07) is 10.4. The molecule has 0 spiro atoms. The molecule has 26 heavy (non-hydrogen) atoms. The van der Waals surface area contributed by atoms with Crippen LogP contribution in [-0.4, -0.2) is 37.2 Å². The first kappa shape index (κ1) is 19.3. The van der Waals surface area contributed by atoms with Crippen LogP contribution < -0.4 is 14.8 Å². The molecule has 1 atom stereocenters. The van der Waals surface area contributed by atoms with Crippen molar-refractivity contribution in [3.63, 3.8) is 0 Å². The lowest BCUT2D eigenvalue weighted by Crippen LogP contribution is -2.41. The molecule has 0 radical (unpaired) electrons. The number of aliphatic carboxylic acids is 1. The van der Waals surface area contributed by atoms with Gasteiger partial charge in [-0.1, -0.05) is 24.3 Å². The van der Waals surface area contributed by atoms with Gasteiger partial charge in [0.05, 0.1) is 19.8 Å².